The van der Waals surface area contributed by atoms with E-state index in [1.165, 1.54) is 22.0 Å². The molecule has 0 radical (unpaired) electrons. The van der Waals surface area contributed by atoms with E-state index < -0.39 is 0 Å². The standard InChI is InChI=1S/C46H52N4/c1-9-20-41-35(10-2)21-14-13-15-26-44(41)48(7)37(11-3)29-31-43-34(5)40-30-28-39(33-46(40)50(43)38(12-4)24-19-32-47-6)49(8)45-27-18-23-36-22-16-17-25-42(36)45/h9-13,15-20,22-25,27-33,35,43,47H,2,4-5,14,21,26H2,1,3,6-8H3/b15-13-,20-9-,31-29?,32-19+,37-11+,38-24+,44-41+. The van der Waals surface area contributed by atoms with Gasteiger partial charge in [0.05, 0.1) is 11.7 Å². The van der Waals surface area contributed by atoms with E-state index in [0.29, 0.717) is 5.92 Å². The lowest BCUT2D eigenvalue weighted by atomic mass is 9.88. The summed E-state index contributed by atoms with van der Waals surface area (Å²) in [5.74, 6) is 0.308. The van der Waals surface area contributed by atoms with Crippen LogP contribution in [0.2, 0.25) is 0 Å². The fourth-order valence-corrected chi connectivity index (χ4v) is 7.09. The zero-order valence-electron chi connectivity index (χ0n) is 30.4. The molecule has 0 fully saturated rings. The van der Waals surface area contributed by atoms with Crippen molar-refractivity contribution >= 4 is 33.4 Å². The van der Waals surface area contributed by atoms with Crippen LogP contribution in [0.15, 0.2) is 176 Å². The molecular formula is C46H52N4. The summed E-state index contributed by atoms with van der Waals surface area (Å²) in [5, 5.41) is 5.55. The molecule has 1 heterocycles. The Kier molecular flexibility index (Phi) is 12.0. The van der Waals surface area contributed by atoms with Crippen molar-refractivity contribution in [3.63, 3.8) is 0 Å². The minimum atomic E-state index is -0.110. The SMILES string of the molecule is C=C/C(=C\C=C\NC)N1c2cc(N(C)c3cccc4ccccc34)ccc2C(=C)C1C=C/C(=C\C)N(C)/C1=C(\C=C/C)C(C=C)CC/C=C\C1. The van der Waals surface area contributed by atoms with E-state index in [1.54, 1.807) is 0 Å². The summed E-state index contributed by atoms with van der Waals surface area (Å²) >= 11 is 0. The predicted molar refractivity (Wildman–Crippen MR) is 219 cm³/mol. The molecule has 256 valence electrons. The molecule has 4 nitrogen and oxygen atoms in total. The topological polar surface area (TPSA) is 21.8 Å². The van der Waals surface area contributed by atoms with Crippen LogP contribution in [0.3, 0.4) is 0 Å². The van der Waals surface area contributed by atoms with E-state index in [4.69, 9.17) is 0 Å². The van der Waals surface area contributed by atoms with Gasteiger partial charge in [0, 0.05) is 72.9 Å². The number of benzene rings is 3. The van der Waals surface area contributed by atoms with Gasteiger partial charge in [-0.15, -0.1) is 6.58 Å². The average Bonchev–Trinajstić information content (AvgIpc) is 3.41. The molecule has 3 aromatic rings. The van der Waals surface area contributed by atoms with E-state index in [0.717, 1.165) is 58.9 Å². The van der Waals surface area contributed by atoms with E-state index in [-0.39, 0.29) is 6.04 Å². The molecule has 0 saturated carbocycles. The molecule has 1 aliphatic carbocycles. The Bertz CT molecular complexity index is 1940. The first kappa shape index (κ1) is 35.8. The highest BCUT2D eigenvalue weighted by Crippen LogP contribution is 2.45. The van der Waals surface area contributed by atoms with Crippen molar-refractivity contribution in [1.82, 2.24) is 10.2 Å². The van der Waals surface area contributed by atoms with Gasteiger partial charge < -0.3 is 20.0 Å². The van der Waals surface area contributed by atoms with Crippen LogP contribution in [0.5, 0.6) is 0 Å². The Morgan fingerprint density at radius 1 is 1.00 bits per heavy atom. The van der Waals surface area contributed by atoms with Gasteiger partial charge in [-0.1, -0.05) is 98.2 Å². The summed E-state index contributed by atoms with van der Waals surface area (Å²) < 4.78 is 0. The maximum atomic E-state index is 4.66. The second-order valence-electron chi connectivity index (χ2n) is 12.7. The minimum Gasteiger partial charge on any atom is -0.394 e. The third-order valence-corrected chi connectivity index (χ3v) is 9.78. The van der Waals surface area contributed by atoms with Crippen molar-refractivity contribution < 1.29 is 0 Å². The fourth-order valence-electron chi connectivity index (χ4n) is 7.09. The zero-order valence-corrected chi connectivity index (χ0v) is 30.4. The van der Waals surface area contributed by atoms with Gasteiger partial charge >= 0.3 is 0 Å². The molecule has 0 amide bonds. The number of allylic oxidation sites excluding steroid dienone is 11. The summed E-state index contributed by atoms with van der Waals surface area (Å²) in [6, 6.07) is 21.6. The summed E-state index contributed by atoms with van der Waals surface area (Å²) in [6.07, 6.45) is 28.8. The second-order valence-corrected chi connectivity index (χ2v) is 12.7. The largest absolute Gasteiger partial charge is 0.394 e. The molecule has 1 aliphatic heterocycles. The van der Waals surface area contributed by atoms with Crippen LogP contribution in [0.25, 0.3) is 16.3 Å². The third-order valence-electron chi connectivity index (χ3n) is 9.78. The molecule has 0 aromatic heterocycles. The molecule has 5 rings (SSSR count). The Morgan fingerprint density at radius 3 is 2.54 bits per heavy atom. The monoisotopic (exact) mass is 660 g/mol. The van der Waals surface area contributed by atoms with Crippen LogP contribution in [-0.4, -0.2) is 32.1 Å². The molecule has 1 N–H and O–H groups in total. The van der Waals surface area contributed by atoms with Crippen LogP contribution >= 0.6 is 0 Å². The van der Waals surface area contributed by atoms with Crippen LogP contribution < -0.4 is 15.1 Å². The van der Waals surface area contributed by atoms with Gasteiger partial charge in [-0.3, -0.25) is 0 Å². The molecule has 3 aromatic carbocycles. The summed E-state index contributed by atoms with van der Waals surface area (Å²) in [7, 11) is 6.22. The fraction of sp³-hybridized carbons (Fsp3) is 0.217. The van der Waals surface area contributed by atoms with Crippen LogP contribution in [0, 0.1) is 5.92 Å². The van der Waals surface area contributed by atoms with Crippen molar-refractivity contribution in [2.45, 2.75) is 39.2 Å². The van der Waals surface area contributed by atoms with E-state index in [1.807, 2.05) is 25.4 Å². The Hall–Kier alpha value is -5.48. The number of anilines is 3. The lowest BCUT2D eigenvalue weighted by Crippen LogP contribution is -2.29. The van der Waals surface area contributed by atoms with Gasteiger partial charge in [-0.2, -0.15) is 0 Å². The average molecular weight is 661 g/mol. The number of nitrogens with one attached hydrogen (secondary N) is 1. The molecule has 4 heteroatoms. The Morgan fingerprint density at radius 2 is 1.80 bits per heavy atom. The summed E-state index contributed by atoms with van der Waals surface area (Å²) in [4.78, 5) is 6.96. The van der Waals surface area contributed by atoms with Gasteiger partial charge in [0.15, 0.2) is 0 Å². The number of hydrogen-bond donors (Lipinski definition) is 1. The highest BCUT2D eigenvalue weighted by atomic mass is 15.2. The lowest BCUT2D eigenvalue weighted by Gasteiger charge is -2.30. The minimum absolute atomic E-state index is 0.110. The maximum absolute atomic E-state index is 4.66. The quantitative estimate of drug-likeness (QED) is 0.154. The Labute approximate surface area is 300 Å². The van der Waals surface area contributed by atoms with Gasteiger partial charge in [0.1, 0.15) is 0 Å². The molecule has 2 aliphatic rings. The number of rotatable bonds is 12. The summed E-state index contributed by atoms with van der Waals surface area (Å²) in [5.41, 5.74) is 10.3. The van der Waals surface area contributed by atoms with Crippen molar-refractivity contribution in [3.8, 4) is 0 Å². The van der Waals surface area contributed by atoms with Crippen LogP contribution in [0.1, 0.15) is 38.7 Å². The molecule has 0 saturated heterocycles. The van der Waals surface area contributed by atoms with E-state index >= 15 is 0 Å². The number of hydrogen-bond acceptors (Lipinski definition) is 4. The number of fused-ring (bicyclic) bond motifs is 2. The first-order valence-electron chi connectivity index (χ1n) is 17.6. The van der Waals surface area contributed by atoms with E-state index in [2.05, 4.69) is 183 Å². The maximum Gasteiger partial charge on any atom is 0.0780 e. The lowest BCUT2D eigenvalue weighted by molar-refractivity contribution is 0.501. The van der Waals surface area contributed by atoms with Crippen LogP contribution in [0.4, 0.5) is 17.1 Å². The highest BCUT2D eigenvalue weighted by Gasteiger charge is 2.33. The van der Waals surface area contributed by atoms with Crippen molar-refractivity contribution in [2.24, 2.45) is 5.92 Å². The molecule has 2 atom stereocenters. The molecular weight excluding hydrogens is 609 g/mol. The smallest absolute Gasteiger partial charge is 0.0780 e. The molecule has 0 spiro atoms. The zero-order chi connectivity index (χ0) is 35.6. The second kappa shape index (κ2) is 16.8. The first-order chi connectivity index (χ1) is 24.4. The van der Waals surface area contributed by atoms with Gasteiger partial charge in [-0.25, -0.2) is 0 Å². The van der Waals surface area contributed by atoms with E-state index in [9.17, 15) is 0 Å². The number of nitrogens with zero attached hydrogens (tertiary/aromatic N) is 3. The first-order valence-corrected chi connectivity index (χ1v) is 17.6. The normalized spacial score (nSPS) is 20.7. The van der Waals surface area contributed by atoms with Crippen LogP contribution in [-0.2, 0) is 0 Å². The molecule has 0 bridgehead atoms. The molecule has 50 heavy (non-hydrogen) atoms. The van der Waals surface area contributed by atoms with Gasteiger partial charge in [-0.05, 0) is 91.9 Å². The molecule has 2 unspecified atom stereocenters. The van der Waals surface area contributed by atoms with Crippen molar-refractivity contribution in [2.75, 3.05) is 30.9 Å². The van der Waals surface area contributed by atoms with Gasteiger partial charge in [0.25, 0.3) is 0 Å². The van der Waals surface area contributed by atoms with Crippen molar-refractivity contribution in [3.05, 3.63) is 182 Å². The Balaban J connectivity index is 1.56. The summed E-state index contributed by atoms with van der Waals surface area (Å²) in [6.45, 7) is 17.3. The highest BCUT2D eigenvalue weighted by molar-refractivity contribution is 5.97. The number of likely N-dealkylation sites (N-methyl/N-ethyl adjacent to an activating group) is 1. The predicted octanol–water partition coefficient (Wildman–Crippen LogP) is 11.4. The van der Waals surface area contributed by atoms with Crippen molar-refractivity contribution in [1.29, 1.82) is 0 Å². The third kappa shape index (κ3) is 7.40. The van der Waals surface area contributed by atoms with Gasteiger partial charge in [0.2, 0.25) is 0 Å².